The van der Waals surface area contributed by atoms with Crippen molar-refractivity contribution in [2.45, 2.75) is 32.7 Å². The van der Waals surface area contributed by atoms with Gasteiger partial charge in [-0.15, -0.1) is 13.0 Å². The van der Waals surface area contributed by atoms with Crippen LogP contribution in [0.15, 0.2) is 12.2 Å². The lowest BCUT2D eigenvalue weighted by Crippen LogP contribution is -2.38. The molecule has 0 atom stereocenters. The minimum atomic E-state index is -0.185. The van der Waals surface area contributed by atoms with E-state index in [1.165, 1.54) is 5.57 Å². The first kappa shape index (κ1) is 10.3. The maximum atomic E-state index is 5.29. The van der Waals surface area contributed by atoms with Gasteiger partial charge in [-0.1, -0.05) is 11.5 Å². The summed E-state index contributed by atoms with van der Waals surface area (Å²) in [6, 6.07) is 0. The van der Waals surface area contributed by atoms with Crippen molar-refractivity contribution in [3.8, 4) is 12.3 Å². The van der Waals surface area contributed by atoms with E-state index >= 15 is 0 Å². The zero-order valence-corrected chi connectivity index (χ0v) is 7.70. The second-order valence-corrected chi connectivity index (χ2v) is 3.40. The fourth-order valence-electron chi connectivity index (χ4n) is 0.639. The van der Waals surface area contributed by atoms with Crippen molar-refractivity contribution in [1.82, 2.24) is 5.32 Å². The van der Waals surface area contributed by atoms with Crippen molar-refractivity contribution < 1.29 is 0 Å². The van der Waals surface area contributed by atoms with Crippen molar-refractivity contribution >= 4 is 0 Å². The molecule has 0 aliphatic heterocycles. The maximum Gasteiger partial charge on any atom is 0.0741 e. The number of rotatable bonds is 4. The molecule has 11 heavy (non-hydrogen) atoms. The summed E-state index contributed by atoms with van der Waals surface area (Å²) in [7, 11) is 0. The summed E-state index contributed by atoms with van der Waals surface area (Å²) >= 11 is 0. The SMILES string of the molecule is C#CC(C)(C)NCCC(=C)C. The van der Waals surface area contributed by atoms with E-state index in [2.05, 4.69) is 17.8 Å². The van der Waals surface area contributed by atoms with Gasteiger partial charge in [-0.05, 0) is 27.2 Å². The molecule has 0 saturated heterocycles. The standard InChI is InChI=1S/C10H17N/c1-6-10(4,5)11-8-7-9(2)3/h1,11H,2,7-8H2,3-5H3. The van der Waals surface area contributed by atoms with Gasteiger partial charge >= 0.3 is 0 Å². The Kier molecular flexibility index (Phi) is 3.92. The van der Waals surface area contributed by atoms with Gasteiger partial charge < -0.3 is 5.32 Å². The molecular formula is C10H17N. The molecule has 0 aromatic carbocycles. The number of terminal acetylenes is 1. The lowest BCUT2D eigenvalue weighted by molar-refractivity contribution is 0.495. The predicted molar refractivity (Wildman–Crippen MR) is 50.3 cm³/mol. The highest BCUT2D eigenvalue weighted by Gasteiger charge is 2.10. The quantitative estimate of drug-likeness (QED) is 0.478. The number of hydrogen-bond acceptors (Lipinski definition) is 1. The van der Waals surface area contributed by atoms with Crippen LogP contribution >= 0.6 is 0 Å². The first-order valence-electron chi connectivity index (χ1n) is 3.85. The van der Waals surface area contributed by atoms with E-state index in [0.717, 1.165) is 13.0 Å². The molecule has 0 fully saturated rings. The molecule has 0 heterocycles. The van der Waals surface area contributed by atoms with Gasteiger partial charge in [-0.25, -0.2) is 0 Å². The van der Waals surface area contributed by atoms with Crippen molar-refractivity contribution in [2.75, 3.05) is 6.54 Å². The van der Waals surface area contributed by atoms with Gasteiger partial charge in [0.05, 0.1) is 5.54 Å². The third-order valence-electron chi connectivity index (χ3n) is 1.48. The fourth-order valence-corrected chi connectivity index (χ4v) is 0.639. The van der Waals surface area contributed by atoms with Gasteiger partial charge in [-0.2, -0.15) is 0 Å². The molecule has 0 aromatic heterocycles. The molecule has 0 aliphatic carbocycles. The molecule has 0 saturated carbocycles. The Labute approximate surface area is 69.9 Å². The van der Waals surface area contributed by atoms with Gasteiger partial charge in [0.2, 0.25) is 0 Å². The first-order chi connectivity index (χ1) is 4.98. The summed E-state index contributed by atoms with van der Waals surface area (Å²) < 4.78 is 0. The third kappa shape index (κ3) is 5.69. The van der Waals surface area contributed by atoms with Crippen LogP contribution in [0.5, 0.6) is 0 Å². The number of nitrogens with one attached hydrogen (secondary N) is 1. The average molecular weight is 151 g/mol. The predicted octanol–water partition coefficient (Wildman–Crippen LogP) is 1.95. The van der Waals surface area contributed by atoms with E-state index in [4.69, 9.17) is 6.42 Å². The van der Waals surface area contributed by atoms with E-state index in [0.29, 0.717) is 0 Å². The van der Waals surface area contributed by atoms with Gasteiger partial charge in [0.25, 0.3) is 0 Å². The van der Waals surface area contributed by atoms with Crippen LogP contribution in [0.25, 0.3) is 0 Å². The van der Waals surface area contributed by atoms with Crippen LogP contribution in [0.3, 0.4) is 0 Å². The van der Waals surface area contributed by atoms with Crippen molar-refractivity contribution in [2.24, 2.45) is 0 Å². The molecule has 0 rings (SSSR count). The van der Waals surface area contributed by atoms with Crippen LogP contribution < -0.4 is 5.32 Å². The monoisotopic (exact) mass is 151 g/mol. The summed E-state index contributed by atoms with van der Waals surface area (Å²) in [5, 5.41) is 3.24. The van der Waals surface area contributed by atoms with E-state index < -0.39 is 0 Å². The van der Waals surface area contributed by atoms with Gasteiger partial charge in [0.1, 0.15) is 0 Å². The highest BCUT2D eigenvalue weighted by atomic mass is 14.9. The summed E-state index contributed by atoms with van der Waals surface area (Å²) in [6.45, 7) is 10.7. The van der Waals surface area contributed by atoms with Gasteiger partial charge in [0, 0.05) is 6.54 Å². The number of hydrogen-bond donors (Lipinski definition) is 1. The van der Waals surface area contributed by atoms with E-state index in [9.17, 15) is 0 Å². The molecule has 0 aliphatic rings. The fraction of sp³-hybridized carbons (Fsp3) is 0.600. The molecule has 1 heteroatoms. The molecule has 62 valence electrons. The van der Waals surface area contributed by atoms with Crippen LogP contribution in [-0.4, -0.2) is 12.1 Å². The zero-order valence-electron chi connectivity index (χ0n) is 7.70. The molecule has 0 unspecified atom stereocenters. The molecule has 0 spiro atoms. The highest BCUT2D eigenvalue weighted by molar-refractivity contribution is 5.07. The highest BCUT2D eigenvalue weighted by Crippen LogP contribution is 2.00. The normalized spacial score (nSPS) is 10.7. The minimum Gasteiger partial charge on any atom is -0.301 e. The molecule has 1 nitrogen and oxygen atoms in total. The Hall–Kier alpha value is -0.740. The Morgan fingerprint density at radius 1 is 1.64 bits per heavy atom. The van der Waals surface area contributed by atoms with Gasteiger partial charge in [0.15, 0.2) is 0 Å². The lowest BCUT2D eigenvalue weighted by Gasteiger charge is -2.19. The van der Waals surface area contributed by atoms with Crippen molar-refractivity contribution in [1.29, 1.82) is 0 Å². The maximum absolute atomic E-state index is 5.29. The second kappa shape index (κ2) is 4.20. The molecule has 0 radical (unpaired) electrons. The zero-order chi connectivity index (χ0) is 8.91. The van der Waals surface area contributed by atoms with Crippen LogP contribution in [0, 0.1) is 12.3 Å². The van der Waals surface area contributed by atoms with Crippen LogP contribution in [0.2, 0.25) is 0 Å². The lowest BCUT2D eigenvalue weighted by atomic mass is 10.1. The Bertz CT molecular complexity index is 172. The van der Waals surface area contributed by atoms with E-state index in [1.54, 1.807) is 0 Å². The summed E-state index contributed by atoms with van der Waals surface area (Å²) in [6.07, 6.45) is 6.28. The molecule has 0 amide bonds. The molecule has 0 bridgehead atoms. The largest absolute Gasteiger partial charge is 0.301 e. The minimum absolute atomic E-state index is 0.185. The smallest absolute Gasteiger partial charge is 0.0741 e. The molecule has 1 N–H and O–H groups in total. The van der Waals surface area contributed by atoms with Crippen molar-refractivity contribution in [3.05, 3.63) is 12.2 Å². The van der Waals surface area contributed by atoms with Crippen LogP contribution in [0.1, 0.15) is 27.2 Å². The summed E-state index contributed by atoms with van der Waals surface area (Å²) in [4.78, 5) is 0. The van der Waals surface area contributed by atoms with Crippen molar-refractivity contribution in [3.63, 3.8) is 0 Å². The summed E-state index contributed by atoms with van der Waals surface area (Å²) in [5.74, 6) is 2.67. The topological polar surface area (TPSA) is 12.0 Å². The first-order valence-corrected chi connectivity index (χ1v) is 3.85. The average Bonchev–Trinajstić information content (AvgIpc) is 1.87. The Morgan fingerprint density at radius 3 is 2.55 bits per heavy atom. The second-order valence-electron chi connectivity index (χ2n) is 3.40. The van der Waals surface area contributed by atoms with Crippen LogP contribution in [-0.2, 0) is 0 Å². The Balaban J connectivity index is 3.56. The molecule has 0 aromatic rings. The van der Waals surface area contributed by atoms with E-state index in [1.807, 2.05) is 20.8 Å². The van der Waals surface area contributed by atoms with E-state index in [-0.39, 0.29) is 5.54 Å². The Morgan fingerprint density at radius 2 is 2.18 bits per heavy atom. The third-order valence-corrected chi connectivity index (χ3v) is 1.48. The van der Waals surface area contributed by atoms with Gasteiger partial charge in [-0.3, -0.25) is 0 Å². The molecular weight excluding hydrogens is 134 g/mol. The van der Waals surface area contributed by atoms with Crippen LogP contribution in [0.4, 0.5) is 0 Å². The summed E-state index contributed by atoms with van der Waals surface area (Å²) in [5.41, 5.74) is 1.00.